The second-order valence-electron chi connectivity index (χ2n) is 6.75. The first kappa shape index (κ1) is 17.0. The summed E-state index contributed by atoms with van der Waals surface area (Å²) in [7, 11) is 0. The molecule has 1 fully saturated rings. The molecule has 29 heavy (non-hydrogen) atoms. The average Bonchev–Trinajstić information content (AvgIpc) is 3.29. The number of para-hydroxylation sites is 3. The minimum absolute atomic E-state index is 0.127. The van der Waals surface area contributed by atoms with Crippen LogP contribution in [0.4, 0.5) is 11.4 Å². The van der Waals surface area contributed by atoms with Gasteiger partial charge in [0.2, 0.25) is 0 Å². The molecular weight excluding hydrogens is 362 g/mol. The fourth-order valence-electron chi connectivity index (χ4n) is 3.60. The van der Waals surface area contributed by atoms with Crippen molar-refractivity contribution in [3.8, 4) is 0 Å². The number of aromatic nitrogens is 1. The molecule has 5 nitrogen and oxygen atoms in total. The van der Waals surface area contributed by atoms with Crippen molar-refractivity contribution in [2.75, 3.05) is 10.0 Å². The topological polar surface area (TPSA) is 56.4 Å². The van der Waals surface area contributed by atoms with Gasteiger partial charge in [-0.25, -0.2) is 10.0 Å². The SMILES string of the molecule is O=C1C(=Cc2c[nH]c3ccccc23)C(=O)N(c2ccccc2)N1c1ccccc1. The third-order valence-corrected chi connectivity index (χ3v) is 4.97. The van der Waals surface area contributed by atoms with E-state index in [4.69, 9.17) is 0 Å². The minimum atomic E-state index is -0.352. The molecule has 5 heteroatoms. The Morgan fingerprint density at radius 2 is 1.17 bits per heavy atom. The van der Waals surface area contributed by atoms with E-state index < -0.39 is 0 Å². The van der Waals surface area contributed by atoms with Crippen molar-refractivity contribution in [2.45, 2.75) is 0 Å². The third kappa shape index (κ3) is 2.80. The number of amides is 2. The number of benzene rings is 3. The molecule has 0 radical (unpaired) electrons. The quantitative estimate of drug-likeness (QED) is 0.419. The average molecular weight is 379 g/mol. The molecule has 1 aliphatic heterocycles. The number of nitrogens with zero attached hydrogens (tertiary/aromatic N) is 2. The van der Waals surface area contributed by atoms with Crippen LogP contribution in [0.5, 0.6) is 0 Å². The van der Waals surface area contributed by atoms with E-state index in [0.717, 1.165) is 16.5 Å². The second-order valence-corrected chi connectivity index (χ2v) is 6.75. The predicted octanol–water partition coefficient (Wildman–Crippen LogP) is 4.55. The molecule has 3 aromatic carbocycles. The predicted molar refractivity (Wildman–Crippen MR) is 114 cm³/mol. The molecule has 0 atom stereocenters. The van der Waals surface area contributed by atoms with Crippen LogP contribution in [0.25, 0.3) is 17.0 Å². The van der Waals surface area contributed by atoms with Gasteiger partial charge < -0.3 is 4.98 Å². The number of hydrogen-bond acceptors (Lipinski definition) is 2. The molecule has 5 rings (SSSR count). The van der Waals surface area contributed by atoms with Gasteiger partial charge in [0.05, 0.1) is 11.4 Å². The van der Waals surface area contributed by atoms with Crippen molar-refractivity contribution in [3.63, 3.8) is 0 Å². The smallest absolute Gasteiger partial charge is 0.283 e. The zero-order chi connectivity index (χ0) is 19.8. The number of aromatic amines is 1. The molecular formula is C24H17N3O2. The third-order valence-electron chi connectivity index (χ3n) is 4.97. The van der Waals surface area contributed by atoms with Crippen molar-refractivity contribution < 1.29 is 9.59 Å². The highest BCUT2D eigenvalue weighted by molar-refractivity contribution is 6.38. The van der Waals surface area contributed by atoms with Gasteiger partial charge in [0, 0.05) is 22.7 Å². The van der Waals surface area contributed by atoms with Crippen LogP contribution in [0.1, 0.15) is 5.56 Å². The van der Waals surface area contributed by atoms with E-state index >= 15 is 0 Å². The Labute approximate surface area is 167 Å². The van der Waals surface area contributed by atoms with Crippen LogP contribution in [-0.4, -0.2) is 16.8 Å². The van der Waals surface area contributed by atoms with Crippen LogP contribution < -0.4 is 10.0 Å². The highest BCUT2D eigenvalue weighted by atomic mass is 16.2. The number of carbonyl (C=O) groups excluding carboxylic acids is 2. The zero-order valence-corrected chi connectivity index (χ0v) is 15.4. The summed E-state index contributed by atoms with van der Waals surface area (Å²) in [6, 6.07) is 26.2. The van der Waals surface area contributed by atoms with E-state index in [2.05, 4.69) is 4.98 Å². The summed E-state index contributed by atoms with van der Waals surface area (Å²) in [4.78, 5) is 29.9. The standard InChI is InChI=1S/C24H17N3O2/c28-23-21(15-17-16-25-22-14-8-7-13-20(17)22)24(29)27(19-11-5-2-6-12-19)26(23)18-9-3-1-4-10-18/h1-16,25H. The molecule has 0 bridgehead atoms. The lowest BCUT2D eigenvalue weighted by Crippen LogP contribution is -2.41. The summed E-state index contributed by atoms with van der Waals surface area (Å²) in [6.07, 6.45) is 3.48. The molecule has 2 amide bonds. The van der Waals surface area contributed by atoms with Gasteiger partial charge in [-0.3, -0.25) is 9.59 Å². The van der Waals surface area contributed by atoms with Gasteiger partial charge in [-0.2, -0.15) is 0 Å². The van der Waals surface area contributed by atoms with E-state index in [-0.39, 0.29) is 17.4 Å². The molecule has 0 unspecified atom stereocenters. The lowest BCUT2D eigenvalue weighted by atomic mass is 10.1. The maximum absolute atomic E-state index is 13.3. The fourth-order valence-corrected chi connectivity index (χ4v) is 3.60. The molecule has 1 aliphatic rings. The lowest BCUT2D eigenvalue weighted by molar-refractivity contribution is -0.116. The molecule has 2 heterocycles. The van der Waals surface area contributed by atoms with Gasteiger partial charge in [0.25, 0.3) is 11.8 Å². The summed E-state index contributed by atoms with van der Waals surface area (Å²) in [5, 5.41) is 3.82. The van der Waals surface area contributed by atoms with Crippen LogP contribution in [-0.2, 0) is 9.59 Å². The number of hydrogen-bond donors (Lipinski definition) is 1. The van der Waals surface area contributed by atoms with Crippen LogP contribution in [0.2, 0.25) is 0 Å². The van der Waals surface area contributed by atoms with E-state index in [1.807, 2.05) is 91.1 Å². The molecule has 0 saturated carbocycles. The largest absolute Gasteiger partial charge is 0.361 e. The Balaban J connectivity index is 1.66. The maximum Gasteiger partial charge on any atom is 0.283 e. The molecule has 1 N–H and O–H groups in total. The van der Waals surface area contributed by atoms with Gasteiger partial charge in [0.1, 0.15) is 5.57 Å². The molecule has 1 aromatic heterocycles. The van der Waals surface area contributed by atoms with Gasteiger partial charge in [-0.05, 0) is 36.4 Å². The first-order valence-corrected chi connectivity index (χ1v) is 9.31. The van der Waals surface area contributed by atoms with Gasteiger partial charge in [0.15, 0.2) is 0 Å². The number of nitrogens with one attached hydrogen (secondary N) is 1. The maximum atomic E-state index is 13.3. The number of rotatable bonds is 3. The number of H-pyrrole nitrogens is 1. The first-order chi connectivity index (χ1) is 14.2. The highest BCUT2D eigenvalue weighted by Crippen LogP contribution is 2.33. The van der Waals surface area contributed by atoms with E-state index in [9.17, 15) is 9.59 Å². The first-order valence-electron chi connectivity index (χ1n) is 9.31. The van der Waals surface area contributed by atoms with Crippen LogP contribution in [0.15, 0.2) is 96.7 Å². The lowest BCUT2D eigenvalue weighted by Gasteiger charge is -2.27. The van der Waals surface area contributed by atoms with Gasteiger partial charge in [-0.1, -0.05) is 54.6 Å². The summed E-state index contributed by atoms with van der Waals surface area (Å²) < 4.78 is 0. The number of anilines is 2. The summed E-state index contributed by atoms with van der Waals surface area (Å²) in [6.45, 7) is 0. The van der Waals surface area contributed by atoms with Crippen LogP contribution in [0.3, 0.4) is 0 Å². The van der Waals surface area contributed by atoms with Gasteiger partial charge in [-0.15, -0.1) is 0 Å². The van der Waals surface area contributed by atoms with Crippen LogP contribution in [0, 0.1) is 0 Å². The van der Waals surface area contributed by atoms with Crippen molar-refractivity contribution in [1.29, 1.82) is 0 Å². The summed E-state index contributed by atoms with van der Waals surface area (Å²) in [5.74, 6) is -0.703. The van der Waals surface area contributed by atoms with E-state index in [1.54, 1.807) is 6.08 Å². The summed E-state index contributed by atoms with van der Waals surface area (Å²) >= 11 is 0. The van der Waals surface area contributed by atoms with Gasteiger partial charge >= 0.3 is 0 Å². The Morgan fingerprint density at radius 3 is 1.76 bits per heavy atom. The highest BCUT2D eigenvalue weighted by Gasteiger charge is 2.42. The summed E-state index contributed by atoms with van der Waals surface area (Å²) in [5.41, 5.74) is 3.16. The monoisotopic (exact) mass is 379 g/mol. The number of fused-ring (bicyclic) bond motifs is 1. The van der Waals surface area contributed by atoms with Crippen molar-refractivity contribution in [1.82, 2.24) is 4.98 Å². The van der Waals surface area contributed by atoms with E-state index in [0.29, 0.717) is 11.4 Å². The second kappa shape index (κ2) is 6.80. The van der Waals surface area contributed by atoms with Crippen molar-refractivity contribution >= 4 is 40.2 Å². The van der Waals surface area contributed by atoms with E-state index in [1.165, 1.54) is 10.0 Å². The Morgan fingerprint density at radius 1 is 0.655 bits per heavy atom. The van der Waals surface area contributed by atoms with Crippen molar-refractivity contribution in [2.24, 2.45) is 0 Å². The Kier molecular flexibility index (Phi) is 3.99. The molecule has 0 aliphatic carbocycles. The fraction of sp³-hybridized carbons (Fsp3) is 0. The minimum Gasteiger partial charge on any atom is -0.361 e. The zero-order valence-electron chi connectivity index (χ0n) is 15.4. The number of hydrazine groups is 1. The Bertz CT molecular complexity index is 1180. The molecule has 0 spiro atoms. The molecule has 140 valence electrons. The molecule has 1 saturated heterocycles. The van der Waals surface area contributed by atoms with Crippen molar-refractivity contribution in [3.05, 3.63) is 102 Å². The number of carbonyl (C=O) groups is 2. The Hall–Kier alpha value is -4.12. The molecule has 4 aromatic rings. The normalized spacial score (nSPS) is 14.1. The van der Waals surface area contributed by atoms with Crippen LogP contribution >= 0.6 is 0 Å².